The normalized spacial score (nSPS) is 10.4. The zero-order valence-corrected chi connectivity index (χ0v) is 15.6. The van der Waals surface area contributed by atoms with Crippen LogP contribution in [0.2, 0.25) is 0 Å². The van der Waals surface area contributed by atoms with Gasteiger partial charge in [-0.3, -0.25) is 4.79 Å². The molecule has 0 radical (unpaired) electrons. The van der Waals surface area contributed by atoms with Crippen LogP contribution in [0, 0.1) is 0 Å². The van der Waals surface area contributed by atoms with E-state index in [1.165, 1.54) is 11.3 Å². The van der Waals surface area contributed by atoms with E-state index in [1.807, 2.05) is 52.7 Å². The molecule has 1 amide bonds. The van der Waals surface area contributed by atoms with E-state index in [2.05, 4.69) is 5.32 Å². The SMILES string of the molecule is COc1cc(CNC(=O)c2sccc2-n2cccc2)cc(OC)c1OC. The van der Waals surface area contributed by atoms with Gasteiger partial charge in [-0.1, -0.05) is 0 Å². The number of thiophene rings is 1. The number of rotatable bonds is 7. The summed E-state index contributed by atoms with van der Waals surface area (Å²) < 4.78 is 17.9. The standard InChI is InChI=1S/C19H20N2O4S/c1-23-15-10-13(11-16(24-2)17(15)25-3)12-20-19(22)18-14(6-9-26-18)21-7-4-5-8-21/h4-11H,12H2,1-3H3,(H,20,22). The first-order valence-corrected chi connectivity index (χ1v) is 8.83. The Bertz CT molecular complexity index is 862. The van der Waals surface area contributed by atoms with Gasteiger partial charge in [-0.05, 0) is 41.3 Å². The molecule has 1 aromatic carbocycles. The summed E-state index contributed by atoms with van der Waals surface area (Å²) >= 11 is 1.41. The van der Waals surface area contributed by atoms with E-state index < -0.39 is 0 Å². The van der Waals surface area contributed by atoms with Crippen LogP contribution in [0.3, 0.4) is 0 Å². The lowest BCUT2D eigenvalue weighted by molar-refractivity contribution is 0.0955. The summed E-state index contributed by atoms with van der Waals surface area (Å²) in [6.07, 6.45) is 3.83. The lowest BCUT2D eigenvalue weighted by Gasteiger charge is -2.14. The van der Waals surface area contributed by atoms with Crippen LogP contribution in [-0.4, -0.2) is 31.8 Å². The predicted molar refractivity (Wildman–Crippen MR) is 101 cm³/mol. The van der Waals surface area contributed by atoms with Crippen LogP contribution < -0.4 is 19.5 Å². The van der Waals surface area contributed by atoms with Crippen LogP contribution in [0.25, 0.3) is 5.69 Å². The number of benzene rings is 1. The van der Waals surface area contributed by atoms with Crippen LogP contribution in [0.4, 0.5) is 0 Å². The fourth-order valence-electron chi connectivity index (χ4n) is 2.67. The molecule has 7 heteroatoms. The van der Waals surface area contributed by atoms with Gasteiger partial charge in [-0.15, -0.1) is 11.3 Å². The topological polar surface area (TPSA) is 61.7 Å². The molecule has 2 aromatic heterocycles. The number of hydrogen-bond acceptors (Lipinski definition) is 5. The molecule has 0 saturated heterocycles. The Hall–Kier alpha value is -2.93. The molecule has 0 atom stereocenters. The van der Waals surface area contributed by atoms with Crippen molar-refractivity contribution < 1.29 is 19.0 Å². The number of methoxy groups -OCH3 is 3. The third-order valence-electron chi connectivity index (χ3n) is 3.91. The van der Waals surface area contributed by atoms with Gasteiger partial charge in [0.25, 0.3) is 5.91 Å². The first-order chi connectivity index (χ1) is 12.7. The number of nitrogens with zero attached hydrogens (tertiary/aromatic N) is 1. The second-order valence-electron chi connectivity index (χ2n) is 5.44. The molecule has 3 aromatic rings. The van der Waals surface area contributed by atoms with Crippen molar-refractivity contribution in [2.45, 2.75) is 6.54 Å². The molecule has 6 nitrogen and oxygen atoms in total. The number of carbonyl (C=O) groups excluding carboxylic acids is 1. The van der Waals surface area contributed by atoms with Crippen molar-refractivity contribution in [2.75, 3.05) is 21.3 Å². The first kappa shape index (κ1) is 17.9. The fourth-order valence-corrected chi connectivity index (χ4v) is 3.48. The summed E-state index contributed by atoms with van der Waals surface area (Å²) in [6.45, 7) is 0.346. The largest absolute Gasteiger partial charge is 0.493 e. The summed E-state index contributed by atoms with van der Waals surface area (Å²) in [4.78, 5) is 13.3. The monoisotopic (exact) mass is 372 g/mol. The first-order valence-electron chi connectivity index (χ1n) is 7.95. The zero-order chi connectivity index (χ0) is 18.5. The quantitative estimate of drug-likeness (QED) is 0.690. The Morgan fingerprint density at radius 2 is 1.73 bits per heavy atom. The maximum absolute atomic E-state index is 12.6. The molecule has 0 fully saturated rings. The Morgan fingerprint density at radius 1 is 1.08 bits per heavy atom. The van der Waals surface area contributed by atoms with Gasteiger partial charge in [-0.2, -0.15) is 0 Å². The molecule has 2 heterocycles. The second kappa shape index (κ2) is 7.97. The van der Waals surface area contributed by atoms with Crippen molar-refractivity contribution >= 4 is 17.2 Å². The minimum Gasteiger partial charge on any atom is -0.493 e. The molecule has 3 rings (SSSR count). The Labute approximate surface area is 155 Å². The van der Waals surface area contributed by atoms with Crippen molar-refractivity contribution in [3.63, 3.8) is 0 Å². The van der Waals surface area contributed by atoms with E-state index >= 15 is 0 Å². The molecule has 136 valence electrons. The van der Waals surface area contributed by atoms with E-state index in [9.17, 15) is 4.79 Å². The molecule has 0 aliphatic carbocycles. The van der Waals surface area contributed by atoms with E-state index in [-0.39, 0.29) is 5.91 Å². The summed E-state index contributed by atoms with van der Waals surface area (Å²) in [5.74, 6) is 1.51. The molecule has 0 saturated carbocycles. The smallest absolute Gasteiger partial charge is 0.263 e. The Balaban J connectivity index is 1.78. The lowest BCUT2D eigenvalue weighted by atomic mass is 10.1. The second-order valence-corrected chi connectivity index (χ2v) is 6.36. The van der Waals surface area contributed by atoms with Gasteiger partial charge in [0.1, 0.15) is 4.88 Å². The van der Waals surface area contributed by atoms with Crippen LogP contribution in [0.15, 0.2) is 48.1 Å². The van der Waals surface area contributed by atoms with Gasteiger partial charge in [0.15, 0.2) is 11.5 Å². The minimum atomic E-state index is -0.127. The average Bonchev–Trinajstić information content (AvgIpc) is 3.35. The molecular weight excluding hydrogens is 352 g/mol. The zero-order valence-electron chi connectivity index (χ0n) is 14.8. The Morgan fingerprint density at radius 3 is 2.31 bits per heavy atom. The third-order valence-corrected chi connectivity index (χ3v) is 4.81. The highest BCUT2D eigenvalue weighted by Gasteiger charge is 2.16. The highest BCUT2D eigenvalue weighted by molar-refractivity contribution is 7.12. The lowest BCUT2D eigenvalue weighted by Crippen LogP contribution is -2.23. The van der Waals surface area contributed by atoms with Crippen LogP contribution in [-0.2, 0) is 6.54 Å². The van der Waals surface area contributed by atoms with Gasteiger partial charge < -0.3 is 24.1 Å². The van der Waals surface area contributed by atoms with Gasteiger partial charge >= 0.3 is 0 Å². The van der Waals surface area contributed by atoms with E-state index in [0.717, 1.165) is 11.3 Å². The molecule has 0 aliphatic rings. The van der Waals surface area contributed by atoms with Crippen LogP contribution in [0.1, 0.15) is 15.2 Å². The number of ether oxygens (including phenoxy) is 3. The number of hydrogen-bond donors (Lipinski definition) is 1. The molecule has 1 N–H and O–H groups in total. The number of aromatic nitrogens is 1. The van der Waals surface area contributed by atoms with Crippen molar-refractivity contribution in [1.29, 1.82) is 0 Å². The summed E-state index contributed by atoms with van der Waals surface area (Å²) in [5, 5.41) is 4.86. The van der Waals surface area contributed by atoms with Gasteiger partial charge in [0, 0.05) is 18.9 Å². The van der Waals surface area contributed by atoms with E-state index in [4.69, 9.17) is 14.2 Å². The van der Waals surface area contributed by atoms with Gasteiger partial charge in [-0.25, -0.2) is 0 Å². The molecule has 26 heavy (non-hydrogen) atoms. The van der Waals surface area contributed by atoms with Crippen LogP contribution in [0.5, 0.6) is 17.2 Å². The fraction of sp³-hybridized carbons (Fsp3) is 0.211. The number of carbonyl (C=O) groups is 1. The molecular formula is C19H20N2O4S. The maximum atomic E-state index is 12.6. The minimum absolute atomic E-state index is 0.127. The molecule has 0 spiro atoms. The highest BCUT2D eigenvalue weighted by Crippen LogP contribution is 2.38. The Kier molecular flexibility index (Phi) is 5.48. The van der Waals surface area contributed by atoms with Gasteiger partial charge in [0.05, 0.1) is 27.0 Å². The van der Waals surface area contributed by atoms with Crippen LogP contribution >= 0.6 is 11.3 Å². The predicted octanol–water partition coefficient (Wildman–Crippen LogP) is 3.49. The van der Waals surface area contributed by atoms with E-state index in [0.29, 0.717) is 28.7 Å². The summed E-state index contributed by atoms with van der Waals surface area (Å²) in [7, 11) is 4.69. The molecule has 0 aliphatic heterocycles. The molecule has 0 bridgehead atoms. The van der Waals surface area contributed by atoms with Crippen molar-refractivity contribution in [1.82, 2.24) is 9.88 Å². The van der Waals surface area contributed by atoms with Gasteiger partial charge in [0.2, 0.25) is 5.75 Å². The average molecular weight is 372 g/mol. The number of amides is 1. The third kappa shape index (κ3) is 3.52. The maximum Gasteiger partial charge on any atom is 0.263 e. The van der Waals surface area contributed by atoms with Crippen molar-refractivity contribution in [2.24, 2.45) is 0 Å². The van der Waals surface area contributed by atoms with E-state index in [1.54, 1.807) is 21.3 Å². The van der Waals surface area contributed by atoms with Crippen molar-refractivity contribution in [3.05, 3.63) is 58.5 Å². The summed E-state index contributed by atoms with van der Waals surface area (Å²) in [6, 6.07) is 9.43. The highest BCUT2D eigenvalue weighted by atomic mass is 32.1. The number of nitrogens with one attached hydrogen (secondary N) is 1. The van der Waals surface area contributed by atoms with Crippen molar-refractivity contribution in [3.8, 4) is 22.9 Å². The molecule has 0 unspecified atom stereocenters. The summed E-state index contributed by atoms with van der Waals surface area (Å²) in [5.41, 5.74) is 1.72.